The van der Waals surface area contributed by atoms with Gasteiger partial charge in [-0.2, -0.15) is 0 Å². The van der Waals surface area contributed by atoms with Crippen molar-refractivity contribution in [2.45, 2.75) is 0 Å². The van der Waals surface area contributed by atoms with Crippen LogP contribution in [-0.2, 0) is 0 Å². The molecule has 2 aromatic rings. The minimum atomic E-state index is -1.16. The number of halogens is 1. The zero-order valence-electron chi connectivity index (χ0n) is 8.72. The molecule has 17 heavy (non-hydrogen) atoms. The topological polar surface area (TPSA) is 62.2 Å². The Labute approximate surface area is 96.7 Å². The number of rotatable bonds is 2. The van der Waals surface area contributed by atoms with Crippen molar-refractivity contribution in [2.24, 2.45) is 0 Å². The first kappa shape index (κ1) is 11.1. The molecule has 0 saturated heterocycles. The summed E-state index contributed by atoms with van der Waals surface area (Å²) in [6.07, 6.45) is 0.182. The summed E-state index contributed by atoms with van der Waals surface area (Å²) in [6.45, 7) is 0. The molecule has 0 bridgehead atoms. The number of aromatic nitrogens is 1. The van der Waals surface area contributed by atoms with Crippen LogP contribution in [-0.4, -0.2) is 16.2 Å². The van der Waals surface area contributed by atoms with Gasteiger partial charge in [-0.1, -0.05) is 12.1 Å². The van der Waals surface area contributed by atoms with Crippen molar-refractivity contribution >= 4 is 11.8 Å². The highest BCUT2D eigenvalue weighted by Gasteiger charge is 2.05. The largest absolute Gasteiger partial charge is 0.465 e. The second-order valence-electron chi connectivity index (χ2n) is 3.34. The normalized spacial score (nSPS) is 9.94. The molecule has 0 saturated carbocycles. The summed E-state index contributed by atoms with van der Waals surface area (Å²) in [7, 11) is 0. The van der Waals surface area contributed by atoms with Gasteiger partial charge in [0.2, 0.25) is 0 Å². The number of benzene rings is 1. The van der Waals surface area contributed by atoms with Crippen LogP contribution in [0.5, 0.6) is 0 Å². The number of hydrogen-bond donors (Lipinski definition) is 2. The Bertz CT molecular complexity index is 540. The fourth-order valence-corrected chi connectivity index (χ4v) is 1.42. The van der Waals surface area contributed by atoms with E-state index in [4.69, 9.17) is 5.11 Å². The molecule has 0 unspecified atom stereocenters. The van der Waals surface area contributed by atoms with Gasteiger partial charge >= 0.3 is 6.09 Å². The van der Waals surface area contributed by atoms with Gasteiger partial charge in [0.15, 0.2) is 0 Å². The summed E-state index contributed by atoms with van der Waals surface area (Å²) >= 11 is 0. The molecule has 4 nitrogen and oxygen atoms in total. The molecule has 5 heteroatoms. The van der Waals surface area contributed by atoms with Gasteiger partial charge in [0.1, 0.15) is 5.82 Å². The van der Waals surface area contributed by atoms with Crippen LogP contribution in [0.4, 0.5) is 14.9 Å². The highest BCUT2D eigenvalue weighted by Crippen LogP contribution is 2.21. The predicted molar refractivity (Wildman–Crippen MR) is 61.3 cm³/mol. The first-order chi connectivity index (χ1) is 8.16. The maximum Gasteiger partial charge on any atom is 0.409 e. The predicted octanol–water partition coefficient (Wildman–Crippen LogP) is 2.98. The van der Waals surface area contributed by atoms with E-state index in [0.717, 1.165) is 0 Å². The van der Waals surface area contributed by atoms with Gasteiger partial charge in [-0.3, -0.25) is 10.3 Å². The van der Waals surface area contributed by atoms with Crippen LogP contribution in [0.2, 0.25) is 0 Å². The van der Waals surface area contributed by atoms with E-state index in [0.29, 0.717) is 16.9 Å². The minimum Gasteiger partial charge on any atom is -0.465 e. The van der Waals surface area contributed by atoms with Crippen molar-refractivity contribution in [3.05, 3.63) is 48.4 Å². The molecule has 1 aromatic carbocycles. The number of anilines is 1. The maximum absolute atomic E-state index is 13.4. The van der Waals surface area contributed by atoms with E-state index < -0.39 is 6.09 Å². The molecule has 1 amide bonds. The number of carbonyl (C=O) groups is 1. The lowest BCUT2D eigenvalue weighted by Gasteiger charge is -2.04. The van der Waals surface area contributed by atoms with E-state index in [-0.39, 0.29) is 5.82 Å². The van der Waals surface area contributed by atoms with Gasteiger partial charge in [-0.05, 0) is 24.3 Å². The van der Waals surface area contributed by atoms with Crippen LogP contribution < -0.4 is 5.32 Å². The molecular weight excluding hydrogens is 223 g/mol. The number of nitrogens with zero attached hydrogens (tertiary/aromatic N) is 1. The fraction of sp³-hybridized carbons (Fsp3) is 0. The van der Waals surface area contributed by atoms with E-state index in [1.54, 1.807) is 24.3 Å². The van der Waals surface area contributed by atoms with Crippen molar-refractivity contribution in [1.82, 2.24) is 4.98 Å². The van der Waals surface area contributed by atoms with Crippen molar-refractivity contribution in [3.63, 3.8) is 0 Å². The molecule has 86 valence electrons. The number of pyridine rings is 1. The fourth-order valence-electron chi connectivity index (χ4n) is 1.42. The second-order valence-corrected chi connectivity index (χ2v) is 3.34. The molecular formula is C12H9FN2O2. The van der Waals surface area contributed by atoms with E-state index in [1.165, 1.54) is 18.3 Å². The molecule has 0 aliphatic rings. The van der Waals surface area contributed by atoms with Crippen LogP contribution in [0.1, 0.15) is 0 Å². The van der Waals surface area contributed by atoms with Crippen LogP contribution >= 0.6 is 0 Å². The van der Waals surface area contributed by atoms with Crippen molar-refractivity contribution in [3.8, 4) is 11.3 Å². The summed E-state index contributed by atoms with van der Waals surface area (Å²) < 4.78 is 13.4. The molecule has 2 rings (SSSR count). The second kappa shape index (κ2) is 4.61. The van der Waals surface area contributed by atoms with Gasteiger partial charge < -0.3 is 5.11 Å². The lowest BCUT2D eigenvalue weighted by atomic mass is 10.1. The average Bonchev–Trinajstić information content (AvgIpc) is 2.30. The Morgan fingerprint density at radius 2 is 2.00 bits per heavy atom. The monoisotopic (exact) mass is 232 g/mol. The smallest absolute Gasteiger partial charge is 0.409 e. The minimum absolute atomic E-state index is 0.345. The van der Waals surface area contributed by atoms with E-state index in [9.17, 15) is 9.18 Å². The number of carboxylic acid groups (broad SMARTS) is 1. The summed E-state index contributed by atoms with van der Waals surface area (Å²) in [5.41, 5.74) is 1.19. The zero-order chi connectivity index (χ0) is 12.3. The Kier molecular flexibility index (Phi) is 3.00. The van der Waals surface area contributed by atoms with Gasteiger partial charge in [0, 0.05) is 5.56 Å². The molecule has 0 spiro atoms. The molecule has 0 radical (unpaired) electrons. The van der Waals surface area contributed by atoms with E-state index >= 15 is 0 Å². The Morgan fingerprint density at radius 1 is 1.24 bits per heavy atom. The molecule has 0 atom stereocenters. The maximum atomic E-state index is 13.4. The van der Waals surface area contributed by atoms with Crippen molar-refractivity contribution < 1.29 is 14.3 Å². The summed E-state index contributed by atoms with van der Waals surface area (Å²) in [5.74, 6) is -0.362. The summed E-state index contributed by atoms with van der Waals surface area (Å²) in [5, 5.41) is 10.7. The first-order valence-electron chi connectivity index (χ1n) is 4.88. The SMILES string of the molecule is O=C(O)Nc1ccc(-c2ccccc2F)nc1. The Hall–Kier alpha value is -2.43. The lowest BCUT2D eigenvalue weighted by molar-refractivity contribution is 0.209. The molecule has 1 heterocycles. The third kappa shape index (κ3) is 2.57. The summed E-state index contributed by atoms with van der Waals surface area (Å²) in [6, 6.07) is 9.36. The van der Waals surface area contributed by atoms with Gasteiger partial charge in [-0.25, -0.2) is 9.18 Å². The van der Waals surface area contributed by atoms with Crippen LogP contribution in [0.25, 0.3) is 11.3 Å². The Balaban J connectivity index is 2.30. The van der Waals surface area contributed by atoms with Gasteiger partial charge in [-0.15, -0.1) is 0 Å². The van der Waals surface area contributed by atoms with Gasteiger partial charge in [0.25, 0.3) is 0 Å². The Morgan fingerprint density at radius 3 is 2.59 bits per heavy atom. The van der Waals surface area contributed by atoms with Crippen LogP contribution in [0.3, 0.4) is 0 Å². The molecule has 0 aliphatic heterocycles. The molecule has 0 aliphatic carbocycles. The van der Waals surface area contributed by atoms with Crippen LogP contribution in [0.15, 0.2) is 42.6 Å². The van der Waals surface area contributed by atoms with Crippen molar-refractivity contribution in [1.29, 1.82) is 0 Å². The number of amides is 1. The third-order valence-corrected chi connectivity index (χ3v) is 2.16. The van der Waals surface area contributed by atoms with Gasteiger partial charge in [0.05, 0.1) is 17.6 Å². The zero-order valence-corrected chi connectivity index (χ0v) is 8.72. The van der Waals surface area contributed by atoms with E-state index in [2.05, 4.69) is 10.3 Å². The molecule has 2 N–H and O–H groups in total. The lowest BCUT2D eigenvalue weighted by Crippen LogP contribution is -2.07. The highest BCUT2D eigenvalue weighted by atomic mass is 19.1. The standard InChI is InChI=1S/C12H9FN2O2/c13-10-4-2-1-3-9(10)11-6-5-8(7-14-11)15-12(16)17/h1-7,15H,(H,16,17). The average molecular weight is 232 g/mol. The van der Waals surface area contributed by atoms with Crippen LogP contribution in [0, 0.1) is 5.82 Å². The molecule has 1 aromatic heterocycles. The number of hydrogen-bond acceptors (Lipinski definition) is 2. The molecule has 0 fully saturated rings. The van der Waals surface area contributed by atoms with E-state index in [1.807, 2.05) is 0 Å². The quantitative estimate of drug-likeness (QED) is 0.836. The highest BCUT2D eigenvalue weighted by molar-refractivity contribution is 5.82. The first-order valence-corrected chi connectivity index (χ1v) is 4.88. The van der Waals surface area contributed by atoms with Crippen molar-refractivity contribution in [2.75, 3.05) is 5.32 Å². The third-order valence-electron chi connectivity index (χ3n) is 2.16. The summed E-state index contributed by atoms with van der Waals surface area (Å²) in [4.78, 5) is 14.4. The number of nitrogens with one attached hydrogen (secondary N) is 1.